The molecule has 0 heterocycles. The molecule has 2 aliphatic carbocycles. The van der Waals surface area contributed by atoms with Crippen LogP contribution in [0.3, 0.4) is 0 Å². The van der Waals surface area contributed by atoms with Gasteiger partial charge in [0.25, 0.3) is 0 Å². The summed E-state index contributed by atoms with van der Waals surface area (Å²) in [6.07, 6.45) is 9.71. The van der Waals surface area contributed by atoms with Gasteiger partial charge in [0.1, 0.15) is 5.78 Å². The molecular formula is C14H24O. The number of ketones is 1. The van der Waals surface area contributed by atoms with Gasteiger partial charge in [0.2, 0.25) is 0 Å². The maximum atomic E-state index is 12.4. The normalized spacial score (nSPS) is 35.3. The monoisotopic (exact) mass is 208 g/mol. The molecule has 0 amide bonds. The van der Waals surface area contributed by atoms with Gasteiger partial charge in [0.15, 0.2) is 0 Å². The summed E-state index contributed by atoms with van der Waals surface area (Å²) in [7, 11) is 0. The van der Waals surface area contributed by atoms with Crippen molar-refractivity contribution in [3.8, 4) is 0 Å². The third kappa shape index (κ3) is 2.26. The van der Waals surface area contributed by atoms with Gasteiger partial charge in [-0.2, -0.15) is 0 Å². The number of hydrogen-bond donors (Lipinski definition) is 0. The molecular weight excluding hydrogens is 184 g/mol. The van der Waals surface area contributed by atoms with Gasteiger partial charge in [-0.1, -0.05) is 39.5 Å². The summed E-state index contributed by atoms with van der Waals surface area (Å²) in [5, 5.41) is 0. The van der Waals surface area contributed by atoms with Crippen LogP contribution in [0.15, 0.2) is 0 Å². The second kappa shape index (κ2) is 4.27. The lowest BCUT2D eigenvalue weighted by Gasteiger charge is -2.31. The number of rotatable bonds is 2. The molecule has 0 spiro atoms. The quantitative estimate of drug-likeness (QED) is 0.671. The van der Waals surface area contributed by atoms with Gasteiger partial charge < -0.3 is 0 Å². The molecule has 0 aromatic rings. The predicted octanol–water partition coefficient (Wildman–Crippen LogP) is 3.96. The Bertz CT molecular complexity index is 230. The maximum Gasteiger partial charge on any atom is 0.141 e. The van der Waals surface area contributed by atoms with Gasteiger partial charge in [-0.05, 0) is 31.6 Å². The maximum absolute atomic E-state index is 12.4. The summed E-state index contributed by atoms with van der Waals surface area (Å²) in [5.41, 5.74) is 0.0608. The predicted molar refractivity (Wildman–Crippen MR) is 62.7 cm³/mol. The molecule has 1 nitrogen and oxygen atoms in total. The van der Waals surface area contributed by atoms with E-state index < -0.39 is 0 Å². The van der Waals surface area contributed by atoms with Crippen molar-refractivity contribution in [3.05, 3.63) is 0 Å². The Balaban J connectivity index is 1.95. The van der Waals surface area contributed by atoms with Crippen molar-refractivity contribution in [2.75, 3.05) is 0 Å². The fourth-order valence-electron chi connectivity index (χ4n) is 3.42. The summed E-state index contributed by atoms with van der Waals surface area (Å²) < 4.78 is 0. The van der Waals surface area contributed by atoms with E-state index in [0.29, 0.717) is 11.7 Å². The second-order valence-electron chi connectivity index (χ2n) is 6.09. The van der Waals surface area contributed by atoms with E-state index in [4.69, 9.17) is 0 Å². The third-order valence-electron chi connectivity index (χ3n) is 4.69. The minimum absolute atomic E-state index is 0.0608. The topological polar surface area (TPSA) is 17.1 Å². The first-order valence-corrected chi connectivity index (χ1v) is 6.66. The lowest BCUT2D eigenvalue weighted by molar-refractivity contribution is -0.133. The van der Waals surface area contributed by atoms with Crippen LogP contribution in [0.1, 0.15) is 65.2 Å². The second-order valence-corrected chi connectivity index (χ2v) is 6.09. The van der Waals surface area contributed by atoms with E-state index in [1.165, 1.54) is 25.7 Å². The zero-order valence-corrected chi connectivity index (χ0v) is 10.2. The van der Waals surface area contributed by atoms with E-state index in [9.17, 15) is 4.79 Å². The molecule has 2 fully saturated rings. The Labute approximate surface area is 93.6 Å². The van der Waals surface area contributed by atoms with Crippen molar-refractivity contribution >= 4 is 5.78 Å². The number of hydrogen-bond acceptors (Lipinski definition) is 1. The van der Waals surface area contributed by atoms with Gasteiger partial charge in [-0.15, -0.1) is 0 Å². The Morgan fingerprint density at radius 3 is 2.13 bits per heavy atom. The van der Waals surface area contributed by atoms with Crippen LogP contribution < -0.4 is 0 Å². The summed E-state index contributed by atoms with van der Waals surface area (Å²) in [6, 6.07) is 0. The van der Waals surface area contributed by atoms with Crippen LogP contribution in [0, 0.1) is 17.3 Å². The van der Waals surface area contributed by atoms with E-state index in [0.717, 1.165) is 31.6 Å². The Kier molecular flexibility index (Phi) is 3.18. The highest BCUT2D eigenvalue weighted by atomic mass is 16.1. The van der Waals surface area contributed by atoms with Crippen molar-refractivity contribution in [3.63, 3.8) is 0 Å². The van der Waals surface area contributed by atoms with Gasteiger partial charge in [-0.3, -0.25) is 4.79 Å². The molecule has 2 saturated carbocycles. The number of carbonyl (C=O) groups is 1. The highest BCUT2D eigenvalue weighted by molar-refractivity contribution is 5.87. The molecule has 86 valence electrons. The van der Waals surface area contributed by atoms with Gasteiger partial charge in [0.05, 0.1) is 0 Å². The SMILES string of the molecule is CC1CCC(C(=O)C2(C)CCCC2)CC1. The molecule has 0 unspecified atom stereocenters. The van der Waals surface area contributed by atoms with Crippen molar-refractivity contribution < 1.29 is 4.79 Å². The molecule has 2 aliphatic rings. The lowest BCUT2D eigenvalue weighted by atomic mass is 9.71. The molecule has 1 heteroatoms. The minimum Gasteiger partial charge on any atom is -0.299 e. The van der Waals surface area contributed by atoms with Crippen molar-refractivity contribution in [2.24, 2.45) is 17.3 Å². The van der Waals surface area contributed by atoms with E-state index >= 15 is 0 Å². The van der Waals surface area contributed by atoms with Gasteiger partial charge >= 0.3 is 0 Å². The van der Waals surface area contributed by atoms with Crippen LogP contribution in [0.25, 0.3) is 0 Å². The molecule has 2 rings (SSSR count). The molecule has 0 bridgehead atoms. The van der Waals surface area contributed by atoms with Crippen LogP contribution in [-0.4, -0.2) is 5.78 Å². The standard InChI is InChI=1S/C14H24O/c1-11-5-7-12(8-6-11)13(15)14(2)9-3-4-10-14/h11-12H,3-10H2,1-2H3. The van der Waals surface area contributed by atoms with Crippen molar-refractivity contribution in [2.45, 2.75) is 65.2 Å². The Hall–Kier alpha value is -0.330. The van der Waals surface area contributed by atoms with Crippen LogP contribution in [-0.2, 0) is 4.79 Å². The van der Waals surface area contributed by atoms with Gasteiger partial charge in [-0.25, -0.2) is 0 Å². The average molecular weight is 208 g/mol. The number of Topliss-reactive ketones (excluding diaryl/α,β-unsaturated/α-hetero) is 1. The molecule has 0 atom stereocenters. The lowest BCUT2D eigenvalue weighted by Crippen LogP contribution is -2.33. The molecule has 0 N–H and O–H groups in total. The van der Waals surface area contributed by atoms with Crippen LogP contribution >= 0.6 is 0 Å². The number of carbonyl (C=O) groups excluding carboxylic acids is 1. The van der Waals surface area contributed by atoms with Gasteiger partial charge in [0, 0.05) is 11.3 Å². The van der Waals surface area contributed by atoms with E-state index in [2.05, 4.69) is 13.8 Å². The van der Waals surface area contributed by atoms with E-state index in [1.54, 1.807) is 0 Å². The first-order valence-electron chi connectivity index (χ1n) is 6.66. The zero-order chi connectivity index (χ0) is 10.9. The summed E-state index contributed by atoms with van der Waals surface area (Å²) in [6.45, 7) is 4.53. The van der Waals surface area contributed by atoms with Crippen molar-refractivity contribution in [1.29, 1.82) is 0 Å². The van der Waals surface area contributed by atoms with Crippen LogP contribution in [0.5, 0.6) is 0 Å². The molecule has 15 heavy (non-hydrogen) atoms. The fourth-order valence-corrected chi connectivity index (χ4v) is 3.42. The highest BCUT2D eigenvalue weighted by Crippen LogP contribution is 2.43. The third-order valence-corrected chi connectivity index (χ3v) is 4.69. The molecule has 0 radical (unpaired) electrons. The molecule has 0 aromatic heterocycles. The first-order chi connectivity index (χ1) is 7.12. The Morgan fingerprint density at radius 2 is 1.60 bits per heavy atom. The summed E-state index contributed by atoms with van der Waals surface area (Å²) in [5.74, 6) is 1.86. The molecule has 0 aliphatic heterocycles. The summed E-state index contributed by atoms with van der Waals surface area (Å²) in [4.78, 5) is 12.4. The van der Waals surface area contributed by atoms with E-state index in [1.807, 2.05) is 0 Å². The zero-order valence-electron chi connectivity index (χ0n) is 10.2. The van der Waals surface area contributed by atoms with Crippen molar-refractivity contribution in [1.82, 2.24) is 0 Å². The molecule has 0 aromatic carbocycles. The Morgan fingerprint density at radius 1 is 1.07 bits per heavy atom. The van der Waals surface area contributed by atoms with Crippen LogP contribution in [0.4, 0.5) is 0 Å². The van der Waals surface area contributed by atoms with E-state index in [-0.39, 0.29) is 5.41 Å². The highest BCUT2D eigenvalue weighted by Gasteiger charge is 2.40. The largest absolute Gasteiger partial charge is 0.299 e. The fraction of sp³-hybridized carbons (Fsp3) is 0.929. The minimum atomic E-state index is 0.0608. The van der Waals surface area contributed by atoms with Crippen LogP contribution in [0.2, 0.25) is 0 Å². The first kappa shape index (κ1) is 11.2. The smallest absolute Gasteiger partial charge is 0.141 e. The molecule has 0 saturated heterocycles. The average Bonchev–Trinajstić information content (AvgIpc) is 2.67. The summed E-state index contributed by atoms with van der Waals surface area (Å²) >= 11 is 0.